The predicted octanol–water partition coefficient (Wildman–Crippen LogP) is 2.07. The van der Waals surface area contributed by atoms with Crippen molar-refractivity contribution in [2.75, 3.05) is 13.7 Å². The number of H-pyrrole nitrogens is 1. The minimum Gasteiger partial charge on any atom is -0.385 e. The van der Waals surface area contributed by atoms with Crippen molar-refractivity contribution in [3.8, 4) is 0 Å². The van der Waals surface area contributed by atoms with Crippen LogP contribution in [-0.2, 0) is 17.7 Å². The van der Waals surface area contributed by atoms with Crippen LogP contribution in [0, 0.1) is 0 Å². The highest BCUT2D eigenvalue weighted by Crippen LogP contribution is 1.97. The van der Waals surface area contributed by atoms with E-state index in [1.807, 2.05) is 6.20 Å². The molecule has 0 saturated heterocycles. The van der Waals surface area contributed by atoms with Gasteiger partial charge in [0, 0.05) is 13.7 Å². The highest BCUT2D eigenvalue weighted by atomic mass is 16.5. The Morgan fingerprint density at radius 2 is 2.20 bits per heavy atom. The first-order valence-electron chi connectivity index (χ1n) is 5.93. The monoisotopic (exact) mass is 211 g/mol. The number of hydrogen-bond acceptors (Lipinski definition) is 1. The van der Waals surface area contributed by atoms with Crippen LogP contribution in [0.1, 0.15) is 38.4 Å². The van der Waals surface area contributed by atoms with E-state index < -0.39 is 0 Å². The number of aromatic nitrogens is 2. The van der Waals surface area contributed by atoms with Crippen molar-refractivity contribution in [1.29, 1.82) is 0 Å². The average molecular weight is 211 g/mol. The van der Waals surface area contributed by atoms with Crippen molar-refractivity contribution in [3.63, 3.8) is 0 Å². The second kappa shape index (κ2) is 7.46. The molecule has 0 bridgehead atoms. The molecule has 1 rings (SSSR count). The van der Waals surface area contributed by atoms with Gasteiger partial charge in [-0.15, -0.1) is 0 Å². The van der Waals surface area contributed by atoms with Gasteiger partial charge in [0.05, 0.1) is 13.0 Å². The number of aromatic amines is 1. The van der Waals surface area contributed by atoms with E-state index in [1.54, 1.807) is 7.11 Å². The molecule has 15 heavy (non-hydrogen) atoms. The Bertz CT molecular complexity index is 233. The third-order valence-electron chi connectivity index (χ3n) is 2.62. The van der Waals surface area contributed by atoms with Gasteiger partial charge in [-0.25, -0.2) is 9.55 Å². The topological polar surface area (TPSA) is 28.9 Å². The molecule has 0 unspecified atom stereocenters. The molecule has 0 fully saturated rings. The number of aryl methyl sites for hydroxylation is 2. The number of nitrogens with zero attached hydrogens (tertiary/aromatic N) is 1. The Labute approximate surface area is 92.5 Å². The van der Waals surface area contributed by atoms with Gasteiger partial charge < -0.3 is 4.74 Å². The fourth-order valence-corrected chi connectivity index (χ4v) is 1.74. The quantitative estimate of drug-likeness (QED) is 0.517. The number of methoxy groups -OCH3 is 1. The van der Waals surface area contributed by atoms with Crippen LogP contribution >= 0.6 is 0 Å². The summed E-state index contributed by atoms with van der Waals surface area (Å²) >= 11 is 0. The zero-order valence-corrected chi connectivity index (χ0v) is 9.96. The fourth-order valence-electron chi connectivity index (χ4n) is 1.74. The Morgan fingerprint density at radius 3 is 2.93 bits per heavy atom. The number of hydrogen-bond donors (Lipinski definition) is 1. The SMILES string of the molecule is CCCCC[n+]1cc[nH]c1CCCOC. The maximum absolute atomic E-state index is 5.06. The fraction of sp³-hybridized carbons (Fsp3) is 0.750. The molecule has 86 valence electrons. The number of nitrogens with one attached hydrogen (secondary N) is 1. The molecule has 0 spiro atoms. The van der Waals surface area contributed by atoms with Crippen molar-refractivity contribution in [3.05, 3.63) is 18.2 Å². The summed E-state index contributed by atoms with van der Waals surface area (Å²) < 4.78 is 7.38. The zero-order chi connectivity index (χ0) is 10.9. The molecule has 3 nitrogen and oxygen atoms in total. The molecule has 0 aliphatic rings. The Kier molecular flexibility index (Phi) is 6.09. The summed E-state index contributed by atoms with van der Waals surface area (Å²) in [6.45, 7) is 4.22. The van der Waals surface area contributed by atoms with E-state index in [4.69, 9.17) is 4.74 Å². The Hall–Kier alpha value is -0.830. The van der Waals surface area contributed by atoms with Gasteiger partial charge in [-0.05, 0) is 19.3 Å². The van der Waals surface area contributed by atoms with E-state index in [0.29, 0.717) is 0 Å². The molecule has 1 heterocycles. The maximum atomic E-state index is 5.06. The summed E-state index contributed by atoms with van der Waals surface area (Å²) in [6.07, 6.45) is 10.2. The molecule has 0 aliphatic heterocycles. The molecule has 1 aromatic rings. The van der Waals surface area contributed by atoms with E-state index in [9.17, 15) is 0 Å². The minimum atomic E-state index is 0.841. The van der Waals surface area contributed by atoms with E-state index >= 15 is 0 Å². The average Bonchev–Trinajstić information content (AvgIpc) is 2.67. The largest absolute Gasteiger partial charge is 0.385 e. The van der Waals surface area contributed by atoms with Crippen LogP contribution in [0.25, 0.3) is 0 Å². The van der Waals surface area contributed by atoms with E-state index in [2.05, 4.69) is 22.7 Å². The van der Waals surface area contributed by atoms with Crippen LogP contribution in [0.4, 0.5) is 0 Å². The first-order valence-corrected chi connectivity index (χ1v) is 5.93. The maximum Gasteiger partial charge on any atom is 0.254 e. The molecule has 0 radical (unpaired) electrons. The van der Waals surface area contributed by atoms with Crippen molar-refractivity contribution < 1.29 is 9.30 Å². The summed E-state index contributed by atoms with van der Waals surface area (Å²) in [7, 11) is 1.75. The highest BCUT2D eigenvalue weighted by Gasteiger charge is 2.08. The van der Waals surface area contributed by atoms with Crippen molar-refractivity contribution in [1.82, 2.24) is 4.98 Å². The lowest BCUT2D eigenvalue weighted by atomic mass is 10.2. The van der Waals surface area contributed by atoms with Crippen LogP contribution in [0.3, 0.4) is 0 Å². The molecule has 0 saturated carbocycles. The van der Waals surface area contributed by atoms with Crippen LogP contribution in [0.15, 0.2) is 12.4 Å². The number of ether oxygens (including phenoxy) is 1. The third-order valence-corrected chi connectivity index (χ3v) is 2.62. The van der Waals surface area contributed by atoms with Gasteiger partial charge in [0.2, 0.25) is 0 Å². The van der Waals surface area contributed by atoms with Crippen LogP contribution in [0.5, 0.6) is 0 Å². The molecule has 0 amide bonds. The molecule has 1 N–H and O–H groups in total. The zero-order valence-electron chi connectivity index (χ0n) is 9.96. The first-order chi connectivity index (χ1) is 7.38. The smallest absolute Gasteiger partial charge is 0.254 e. The second-order valence-corrected chi connectivity index (χ2v) is 3.90. The van der Waals surface area contributed by atoms with E-state index in [0.717, 1.165) is 26.0 Å². The summed E-state index contributed by atoms with van der Waals surface area (Å²) in [5.74, 6) is 1.32. The molecule has 0 aliphatic carbocycles. The predicted molar refractivity (Wildman–Crippen MR) is 60.7 cm³/mol. The van der Waals surface area contributed by atoms with E-state index in [1.165, 1.54) is 25.1 Å². The van der Waals surface area contributed by atoms with Gasteiger partial charge in [0.25, 0.3) is 5.82 Å². The summed E-state index contributed by atoms with van der Waals surface area (Å²) in [5.41, 5.74) is 0. The Morgan fingerprint density at radius 1 is 1.33 bits per heavy atom. The first kappa shape index (κ1) is 12.2. The summed E-state index contributed by atoms with van der Waals surface area (Å²) in [5, 5.41) is 0. The van der Waals surface area contributed by atoms with Crippen molar-refractivity contribution in [2.45, 2.75) is 45.6 Å². The van der Waals surface area contributed by atoms with Gasteiger partial charge in [-0.2, -0.15) is 0 Å². The van der Waals surface area contributed by atoms with Crippen LogP contribution in [0.2, 0.25) is 0 Å². The minimum absolute atomic E-state index is 0.841. The van der Waals surface area contributed by atoms with Gasteiger partial charge in [-0.3, -0.25) is 0 Å². The van der Waals surface area contributed by atoms with Crippen LogP contribution < -0.4 is 4.57 Å². The highest BCUT2D eigenvalue weighted by molar-refractivity contribution is 4.77. The van der Waals surface area contributed by atoms with Gasteiger partial charge in [0.15, 0.2) is 0 Å². The van der Waals surface area contributed by atoms with Crippen molar-refractivity contribution in [2.24, 2.45) is 0 Å². The molecular formula is C12H23N2O+. The van der Waals surface area contributed by atoms with Gasteiger partial charge >= 0.3 is 0 Å². The van der Waals surface area contributed by atoms with Crippen molar-refractivity contribution >= 4 is 0 Å². The lowest BCUT2D eigenvalue weighted by molar-refractivity contribution is -0.703. The molecular weight excluding hydrogens is 188 g/mol. The Balaban J connectivity index is 2.32. The van der Waals surface area contributed by atoms with Gasteiger partial charge in [-0.1, -0.05) is 13.3 Å². The molecule has 0 atom stereocenters. The number of rotatable bonds is 8. The van der Waals surface area contributed by atoms with E-state index in [-0.39, 0.29) is 0 Å². The summed E-state index contributed by atoms with van der Waals surface area (Å²) in [6, 6.07) is 0. The normalized spacial score (nSPS) is 10.8. The molecule has 3 heteroatoms. The van der Waals surface area contributed by atoms with Gasteiger partial charge in [0.1, 0.15) is 12.4 Å². The van der Waals surface area contributed by atoms with Crippen LogP contribution in [-0.4, -0.2) is 18.7 Å². The third kappa shape index (κ3) is 4.47. The molecule has 1 aromatic heterocycles. The lowest BCUT2D eigenvalue weighted by Gasteiger charge is -2.00. The second-order valence-electron chi connectivity index (χ2n) is 3.90. The number of imidazole rings is 1. The summed E-state index contributed by atoms with van der Waals surface area (Å²) in [4.78, 5) is 3.30. The lowest BCUT2D eigenvalue weighted by Crippen LogP contribution is -2.36. The standard InChI is InChI=1S/C12H22N2O/c1-3-4-5-9-14-10-8-13-12(14)7-6-11-15-2/h8,10H,3-7,9,11H2,1-2H3/p+1. The molecule has 0 aromatic carbocycles. The number of unbranched alkanes of at least 4 members (excludes halogenated alkanes) is 2.